The molecule has 2 aromatic rings. The van der Waals surface area contributed by atoms with Gasteiger partial charge in [-0.2, -0.15) is 5.26 Å². The smallest absolute Gasteiger partial charge is 0.255 e. The van der Waals surface area contributed by atoms with Crippen LogP contribution in [-0.2, 0) is 10.0 Å². The van der Waals surface area contributed by atoms with Gasteiger partial charge in [0.1, 0.15) is 0 Å². The van der Waals surface area contributed by atoms with Crippen LogP contribution in [0.4, 0.5) is 11.4 Å². The molecule has 0 aliphatic rings. The van der Waals surface area contributed by atoms with Gasteiger partial charge in [-0.3, -0.25) is 9.52 Å². The molecule has 0 radical (unpaired) electrons. The number of hydrogen-bond acceptors (Lipinski definition) is 4. The Balaban J connectivity index is 2.11. The molecular weight excluding hydrogens is 302 g/mol. The van der Waals surface area contributed by atoms with E-state index < -0.39 is 10.0 Å². The predicted molar refractivity (Wildman–Crippen MR) is 84.0 cm³/mol. The summed E-state index contributed by atoms with van der Waals surface area (Å²) in [5.74, 6) is -0.346. The third kappa shape index (κ3) is 4.33. The number of amides is 1. The molecule has 0 atom stereocenters. The van der Waals surface area contributed by atoms with Crippen molar-refractivity contribution in [3.05, 3.63) is 59.7 Å². The van der Waals surface area contributed by atoms with E-state index in [0.29, 0.717) is 22.5 Å². The molecule has 0 bridgehead atoms. The fourth-order valence-electron chi connectivity index (χ4n) is 1.77. The first-order valence-corrected chi connectivity index (χ1v) is 8.16. The van der Waals surface area contributed by atoms with Gasteiger partial charge in [-0.05, 0) is 42.5 Å². The highest BCUT2D eigenvalue weighted by molar-refractivity contribution is 7.92. The molecule has 0 unspecified atom stereocenters. The molecule has 0 aliphatic carbocycles. The molecule has 0 heterocycles. The maximum Gasteiger partial charge on any atom is 0.255 e. The molecule has 7 heteroatoms. The summed E-state index contributed by atoms with van der Waals surface area (Å²) in [7, 11) is -3.35. The van der Waals surface area contributed by atoms with Gasteiger partial charge < -0.3 is 5.32 Å². The minimum atomic E-state index is -3.35. The fourth-order valence-corrected chi connectivity index (χ4v) is 2.34. The molecule has 0 spiro atoms. The van der Waals surface area contributed by atoms with E-state index in [2.05, 4.69) is 10.0 Å². The van der Waals surface area contributed by atoms with Crippen LogP contribution in [0.3, 0.4) is 0 Å². The Kier molecular flexibility index (Phi) is 4.44. The number of sulfonamides is 1. The zero-order chi connectivity index (χ0) is 16.2. The summed E-state index contributed by atoms with van der Waals surface area (Å²) in [6.07, 6.45) is 1.05. The number of benzene rings is 2. The Hall–Kier alpha value is -2.85. The predicted octanol–water partition coefficient (Wildman–Crippen LogP) is 2.18. The van der Waals surface area contributed by atoms with Gasteiger partial charge >= 0.3 is 0 Å². The molecule has 22 heavy (non-hydrogen) atoms. The van der Waals surface area contributed by atoms with Crippen molar-refractivity contribution in [1.82, 2.24) is 0 Å². The van der Waals surface area contributed by atoms with Gasteiger partial charge in [-0.15, -0.1) is 0 Å². The van der Waals surface area contributed by atoms with Gasteiger partial charge in [0.15, 0.2) is 0 Å². The first-order chi connectivity index (χ1) is 10.4. The van der Waals surface area contributed by atoms with E-state index in [-0.39, 0.29) is 5.91 Å². The lowest BCUT2D eigenvalue weighted by Gasteiger charge is -2.07. The molecule has 1 amide bonds. The van der Waals surface area contributed by atoms with Crippen LogP contribution >= 0.6 is 0 Å². The molecule has 0 fully saturated rings. The van der Waals surface area contributed by atoms with E-state index in [0.717, 1.165) is 6.26 Å². The maximum atomic E-state index is 12.1. The summed E-state index contributed by atoms with van der Waals surface area (Å²) in [5.41, 5.74) is 1.72. The SMILES string of the molecule is CS(=O)(=O)Nc1ccc(C(=O)Nc2cccc(C#N)c2)cc1. The molecule has 2 N–H and O–H groups in total. The molecule has 112 valence electrons. The number of carbonyl (C=O) groups excluding carboxylic acids is 1. The largest absolute Gasteiger partial charge is 0.322 e. The first-order valence-electron chi connectivity index (χ1n) is 6.27. The highest BCUT2D eigenvalue weighted by Crippen LogP contribution is 2.14. The van der Waals surface area contributed by atoms with Crippen LogP contribution in [0.5, 0.6) is 0 Å². The van der Waals surface area contributed by atoms with Crippen LogP contribution in [0, 0.1) is 11.3 Å². The van der Waals surface area contributed by atoms with Crippen LogP contribution in [0.25, 0.3) is 0 Å². The lowest BCUT2D eigenvalue weighted by atomic mass is 10.1. The third-order valence-corrected chi connectivity index (χ3v) is 3.31. The Morgan fingerprint density at radius 2 is 1.77 bits per heavy atom. The summed E-state index contributed by atoms with van der Waals surface area (Å²) in [4.78, 5) is 12.1. The first kappa shape index (κ1) is 15.5. The summed E-state index contributed by atoms with van der Waals surface area (Å²) in [6.45, 7) is 0. The van der Waals surface area contributed by atoms with Crippen LogP contribution in [-0.4, -0.2) is 20.6 Å². The van der Waals surface area contributed by atoms with Crippen molar-refractivity contribution in [1.29, 1.82) is 5.26 Å². The van der Waals surface area contributed by atoms with Crippen LogP contribution in [0.1, 0.15) is 15.9 Å². The molecule has 2 rings (SSSR count). The van der Waals surface area contributed by atoms with Crippen molar-refractivity contribution in [2.45, 2.75) is 0 Å². The van der Waals surface area contributed by atoms with Crippen LogP contribution < -0.4 is 10.0 Å². The quantitative estimate of drug-likeness (QED) is 0.903. The molecule has 0 aromatic heterocycles. The van der Waals surface area contributed by atoms with Crippen LogP contribution in [0.15, 0.2) is 48.5 Å². The maximum absolute atomic E-state index is 12.1. The van der Waals surface area contributed by atoms with Crippen molar-refractivity contribution >= 4 is 27.3 Å². The van der Waals surface area contributed by atoms with Crippen molar-refractivity contribution in [2.24, 2.45) is 0 Å². The summed E-state index contributed by atoms with van der Waals surface area (Å²) in [6, 6.07) is 14.6. The minimum Gasteiger partial charge on any atom is -0.322 e. The number of nitrogens with one attached hydrogen (secondary N) is 2. The number of hydrogen-bond donors (Lipinski definition) is 2. The van der Waals surface area contributed by atoms with E-state index in [4.69, 9.17) is 5.26 Å². The van der Waals surface area contributed by atoms with Crippen molar-refractivity contribution < 1.29 is 13.2 Å². The van der Waals surface area contributed by atoms with Crippen molar-refractivity contribution in [3.8, 4) is 6.07 Å². The number of nitriles is 1. The molecule has 0 aliphatic heterocycles. The molecular formula is C15H13N3O3S. The second-order valence-electron chi connectivity index (χ2n) is 4.60. The average Bonchev–Trinajstić information content (AvgIpc) is 2.46. The number of carbonyl (C=O) groups is 1. The number of anilines is 2. The summed E-state index contributed by atoms with van der Waals surface area (Å²) in [5, 5.41) is 11.5. The highest BCUT2D eigenvalue weighted by atomic mass is 32.2. The van der Waals surface area contributed by atoms with Gasteiger partial charge in [-0.25, -0.2) is 8.42 Å². The lowest BCUT2D eigenvalue weighted by molar-refractivity contribution is 0.102. The van der Waals surface area contributed by atoms with E-state index in [9.17, 15) is 13.2 Å². The monoisotopic (exact) mass is 315 g/mol. The second-order valence-corrected chi connectivity index (χ2v) is 6.35. The van der Waals surface area contributed by atoms with Gasteiger partial charge in [0, 0.05) is 16.9 Å². The molecule has 0 saturated heterocycles. The average molecular weight is 315 g/mol. The van der Waals surface area contributed by atoms with Gasteiger partial charge in [0.05, 0.1) is 17.9 Å². The number of nitrogens with zero attached hydrogens (tertiary/aromatic N) is 1. The Morgan fingerprint density at radius 3 is 2.36 bits per heavy atom. The van der Waals surface area contributed by atoms with Crippen LogP contribution in [0.2, 0.25) is 0 Å². The normalized spacial score (nSPS) is 10.5. The van der Waals surface area contributed by atoms with Gasteiger partial charge in [-0.1, -0.05) is 6.07 Å². The summed E-state index contributed by atoms with van der Waals surface area (Å²) >= 11 is 0. The lowest BCUT2D eigenvalue weighted by Crippen LogP contribution is -2.13. The Morgan fingerprint density at radius 1 is 1.09 bits per heavy atom. The topological polar surface area (TPSA) is 99.1 Å². The molecule has 6 nitrogen and oxygen atoms in total. The number of rotatable bonds is 4. The minimum absolute atomic E-state index is 0.346. The van der Waals surface area contributed by atoms with Gasteiger partial charge in [0.25, 0.3) is 5.91 Å². The zero-order valence-electron chi connectivity index (χ0n) is 11.7. The summed E-state index contributed by atoms with van der Waals surface area (Å²) < 4.78 is 24.5. The van der Waals surface area contributed by atoms with E-state index >= 15 is 0 Å². The highest BCUT2D eigenvalue weighted by Gasteiger charge is 2.07. The fraction of sp³-hybridized carbons (Fsp3) is 0.0667. The third-order valence-electron chi connectivity index (χ3n) is 2.70. The molecule has 0 saturated carbocycles. The van der Waals surface area contributed by atoms with E-state index in [1.165, 1.54) is 24.3 Å². The van der Waals surface area contributed by atoms with E-state index in [1.807, 2.05) is 6.07 Å². The molecule has 2 aromatic carbocycles. The van der Waals surface area contributed by atoms with E-state index in [1.54, 1.807) is 24.3 Å². The standard InChI is InChI=1S/C15H13N3O3S/c1-22(20,21)18-13-7-5-12(6-8-13)15(19)17-14-4-2-3-11(9-14)10-16/h2-9,18H,1H3,(H,17,19). The van der Waals surface area contributed by atoms with Gasteiger partial charge in [0.2, 0.25) is 10.0 Å². The van der Waals surface area contributed by atoms with Crippen molar-refractivity contribution in [2.75, 3.05) is 16.3 Å². The Bertz CT molecular complexity index is 837. The Labute approximate surface area is 128 Å². The zero-order valence-corrected chi connectivity index (χ0v) is 12.5. The van der Waals surface area contributed by atoms with Crippen molar-refractivity contribution in [3.63, 3.8) is 0 Å². The second kappa shape index (κ2) is 6.28.